The number of hydrogen-bond acceptors (Lipinski definition) is 5. The van der Waals surface area contributed by atoms with Crippen molar-refractivity contribution >= 4 is 6.16 Å². The lowest BCUT2D eigenvalue weighted by molar-refractivity contribution is 0.147. The van der Waals surface area contributed by atoms with Gasteiger partial charge in [-0.1, -0.05) is 109 Å². The van der Waals surface area contributed by atoms with Crippen LogP contribution in [-0.2, 0) is 12.8 Å². The van der Waals surface area contributed by atoms with E-state index in [0.29, 0.717) is 12.8 Å². The highest BCUT2D eigenvalue weighted by Gasteiger charge is 2.17. The summed E-state index contributed by atoms with van der Waals surface area (Å²) in [5, 5.41) is 0. The fourth-order valence-corrected chi connectivity index (χ4v) is 5.47. The Morgan fingerprint density at radius 2 is 0.977 bits per heavy atom. The standard InChI is InChI=1S/C39H32N2O3/c1-27-23-29(17-19-35(27)31-11-5-3-6-12-31)25-33-15-9-21-40-37(33)43-39(42)44-38-34(16-10-22-41-38)26-30-18-20-36(28(2)24-30)32-13-7-4-8-14-32/h3-24H,25-26H2,1-2H3. The molecule has 44 heavy (non-hydrogen) atoms. The van der Waals surface area contributed by atoms with Gasteiger partial charge in [0.2, 0.25) is 11.8 Å². The number of rotatable bonds is 8. The van der Waals surface area contributed by atoms with Gasteiger partial charge in [0, 0.05) is 36.4 Å². The highest BCUT2D eigenvalue weighted by Crippen LogP contribution is 2.28. The molecule has 0 saturated carbocycles. The van der Waals surface area contributed by atoms with Crippen LogP contribution in [0.25, 0.3) is 22.3 Å². The topological polar surface area (TPSA) is 61.3 Å². The minimum atomic E-state index is -0.879. The van der Waals surface area contributed by atoms with E-state index < -0.39 is 6.16 Å². The summed E-state index contributed by atoms with van der Waals surface area (Å²) in [4.78, 5) is 21.6. The number of carbonyl (C=O) groups excluding carboxylic acids is 1. The van der Waals surface area contributed by atoms with Crippen LogP contribution in [0.3, 0.4) is 0 Å². The van der Waals surface area contributed by atoms with Crippen LogP contribution in [0.1, 0.15) is 33.4 Å². The van der Waals surface area contributed by atoms with Gasteiger partial charge in [-0.15, -0.1) is 0 Å². The van der Waals surface area contributed by atoms with Crippen molar-refractivity contribution in [2.75, 3.05) is 0 Å². The van der Waals surface area contributed by atoms with Crippen LogP contribution >= 0.6 is 0 Å². The largest absolute Gasteiger partial charge is 0.522 e. The van der Waals surface area contributed by atoms with Gasteiger partial charge in [0.05, 0.1) is 0 Å². The van der Waals surface area contributed by atoms with Gasteiger partial charge < -0.3 is 9.47 Å². The Labute approximate surface area is 257 Å². The zero-order valence-electron chi connectivity index (χ0n) is 24.7. The average molecular weight is 577 g/mol. The molecule has 0 N–H and O–H groups in total. The fourth-order valence-electron chi connectivity index (χ4n) is 5.47. The van der Waals surface area contributed by atoms with E-state index in [9.17, 15) is 4.79 Å². The van der Waals surface area contributed by atoms with Gasteiger partial charge in [0.15, 0.2) is 0 Å². The Kier molecular flexibility index (Phi) is 8.55. The lowest BCUT2D eigenvalue weighted by atomic mass is 9.96. The SMILES string of the molecule is Cc1cc(Cc2cccnc2OC(=O)Oc2ncccc2Cc2ccc(-c3ccccc3)c(C)c2)ccc1-c1ccccc1. The number of hydrogen-bond donors (Lipinski definition) is 0. The summed E-state index contributed by atoms with van der Waals surface area (Å²) < 4.78 is 11.2. The normalized spacial score (nSPS) is 10.8. The molecule has 216 valence electrons. The smallest absolute Gasteiger partial charge is 0.375 e. The van der Waals surface area contributed by atoms with E-state index >= 15 is 0 Å². The Morgan fingerprint density at radius 1 is 0.545 bits per heavy atom. The molecule has 0 aliphatic heterocycles. The molecule has 0 atom stereocenters. The number of aryl methyl sites for hydroxylation is 2. The van der Waals surface area contributed by atoms with Crippen LogP contribution in [0.2, 0.25) is 0 Å². The molecule has 0 amide bonds. The quantitative estimate of drug-likeness (QED) is 0.169. The summed E-state index contributed by atoms with van der Waals surface area (Å²) in [5.41, 5.74) is 10.8. The lowest BCUT2D eigenvalue weighted by Crippen LogP contribution is -2.17. The average Bonchev–Trinajstić information content (AvgIpc) is 3.04. The number of nitrogens with zero attached hydrogens (tertiary/aromatic N) is 2. The minimum absolute atomic E-state index is 0.215. The van der Waals surface area contributed by atoms with Crippen LogP contribution in [0, 0.1) is 13.8 Å². The second-order valence-electron chi connectivity index (χ2n) is 10.8. The summed E-state index contributed by atoms with van der Waals surface area (Å²) in [7, 11) is 0. The highest BCUT2D eigenvalue weighted by atomic mass is 16.7. The summed E-state index contributed by atoms with van der Waals surface area (Å²) in [5.74, 6) is 0.429. The van der Waals surface area contributed by atoms with Crippen LogP contribution < -0.4 is 9.47 Å². The fraction of sp³-hybridized carbons (Fsp3) is 0.103. The van der Waals surface area contributed by atoms with Crippen molar-refractivity contribution in [2.45, 2.75) is 26.7 Å². The first kappa shape index (κ1) is 28.6. The van der Waals surface area contributed by atoms with E-state index in [0.717, 1.165) is 22.3 Å². The molecular formula is C39H32N2O3. The predicted octanol–water partition coefficient (Wildman–Crippen LogP) is 9.19. The van der Waals surface area contributed by atoms with Crippen molar-refractivity contribution in [3.8, 4) is 34.0 Å². The summed E-state index contributed by atoms with van der Waals surface area (Å²) in [6, 6.07) is 40.9. The summed E-state index contributed by atoms with van der Waals surface area (Å²) >= 11 is 0. The van der Waals surface area contributed by atoms with Crippen LogP contribution in [0.15, 0.2) is 134 Å². The number of benzene rings is 4. The molecule has 5 nitrogen and oxygen atoms in total. The Balaban J connectivity index is 1.15. The molecule has 0 unspecified atom stereocenters. The third-order valence-electron chi connectivity index (χ3n) is 7.60. The van der Waals surface area contributed by atoms with E-state index in [1.54, 1.807) is 12.4 Å². The molecule has 6 aromatic rings. The zero-order chi connectivity index (χ0) is 30.3. The highest BCUT2D eigenvalue weighted by molar-refractivity contribution is 5.69. The second-order valence-corrected chi connectivity index (χ2v) is 10.8. The van der Waals surface area contributed by atoms with E-state index in [-0.39, 0.29) is 11.8 Å². The Hall–Kier alpha value is -5.55. The maximum Gasteiger partial charge on any atom is 0.522 e. The van der Waals surface area contributed by atoms with E-state index in [1.165, 1.54) is 33.4 Å². The molecule has 0 radical (unpaired) electrons. The molecule has 6 rings (SSSR count). The van der Waals surface area contributed by atoms with Crippen molar-refractivity contribution < 1.29 is 14.3 Å². The lowest BCUT2D eigenvalue weighted by Gasteiger charge is -2.13. The van der Waals surface area contributed by atoms with Crippen molar-refractivity contribution in [1.29, 1.82) is 0 Å². The number of aromatic nitrogens is 2. The van der Waals surface area contributed by atoms with Crippen molar-refractivity contribution in [3.05, 3.63) is 167 Å². The molecule has 0 fully saturated rings. The van der Waals surface area contributed by atoms with Gasteiger partial charge in [0.25, 0.3) is 0 Å². The first-order valence-electron chi connectivity index (χ1n) is 14.6. The number of carbonyl (C=O) groups is 1. The van der Waals surface area contributed by atoms with E-state index in [1.807, 2.05) is 60.7 Å². The predicted molar refractivity (Wildman–Crippen MR) is 174 cm³/mol. The molecule has 0 bridgehead atoms. The molecule has 5 heteroatoms. The number of pyridine rings is 2. The summed E-state index contributed by atoms with van der Waals surface area (Å²) in [6.45, 7) is 4.21. The third-order valence-corrected chi connectivity index (χ3v) is 7.60. The van der Waals surface area contributed by atoms with Crippen LogP contribution in [-0.4, -0.2) is 16.1 Å². The third kappa shape index (κ3) is 6.74. The van der Waals surface area contributed by atoms with Gasteiger partial charge in [-0.3, -0.25) is 0 Å². The first-order valence-corrected chi connectivity index (χ1v) is 14.6. The van der Waals surface area contributed by atoms with Crippen LogP contribution in [0.5, 0.6) is 11.8 Å². The van der Waals surface area contributed by atoms with Crippen molar-refractivity contribution in [2.24, 2.45) is 0 Å². The van der Waals surface area contributed by atoms with Crippen molar-refractivity contribution in [3.63, 3.8) is 0 Å². The summed E-state index contributed by atoms with van der Waals surface area (Å²) in [6.07, 6.45) is 3.43. The molecule has 2 aromatic heterocycles. The Bertz CT molecular complexity index is 1760. The first-order chi connectivity index (χ1) is 21.5. The van der Waals surface area contributed by atoms with Gasteiger partial charge in [-0.25, -0.2) is 14.8 Å². The monoisotopic (exact) mass is 576 g/mol. The maximum absolute atomic E-state index is 13.0. The van der Waals surface area contributed by atoms with E-state index in [2.05, 4.69) is 84.5 Å². The van der Waals surface area contributed by atoms with Gasteiger partial charge in [-0.2, -0.15) is 0 Å². The molecular weight excluding hydrogens is 544 g/mol. The molecule has 0 spiro atoms. The minimum Gasteiger partial charge on any atom is -0.375 e. The van der Waals surface area contributed by atoms with Gasteiger partial charge in [-0.05, 0) is 70.5 Å². The maximum atomic E-state index is 13.0. The van der Waals surface area contributed by atoms with Crippen molar-refractivity contribution in [1.82, 2.24) is 9.97 Å². The molecule has 4 aromatic carbocycles. The van der Waals surface area contributed by atoms with E-state index in [4.69, 9.17) is 9.47 Å². The second kappa shape index (κ2) is 13.2. The van der Waals surface area contributed by atoms with Crippen LogP contribution in [0.4, 0.5) is 4.79 Å². The molecule has 0 aliphatic rings. The zero-order valence-corrected chi connectivity index (χ0v) is 24.7. The Morgan fingerprint density at radius 3 is 1.39 bits per heavy atom. The molecule has 2 heterocycles. The molecule has 0 saturated heterocycles. The molecule has 0 aliphatic carbocycles. The van der Waals surface area contributed by atoms with Gasteiger partial charge in [0.1, 0.15) is 0 Å². The van der Waals surface area contributed by atoms with Gasteiger partial charge >= 0.3 is 6.16 Å². The number of ether oxygens (including phenoxy) is 2.